The van der Waals surface area contributed by atoms with Crippen molar-refractivity contribution in [2.45, 2.75) is 32.9 Å². The Balaban J connectivity index is 3.10. The highest BCUT2D eigenvalue weighted by atomic mass is 19.1. The molecule has 0 bridgehead atoms. The average Bonchev–Trinajstić information content (AvgIpc) is 2.35. The lowest BCUT2D eigenvalue weighted by atomic mass is 9.84. The summed E-state index contributed by atoms with van der Waals surface area (Å²) in [5, 5.41) is 0. The predicted octanol–water partition coefficient (Wildman–Crippen LogP) is 3.25. The number of benzene rings is 1. The zero-order valence-corrected chi connectivity index (χ0v) is 10.9. The molecule has 17 heavy (non-hydrogen) atoms. The lowest BCUT2D eigenvalue weighted by Crippen LogP contribution is -2.36. The highest BCUT2D eigenvalue weighted by Crippen LogP contribution is 2.38. The molecule has 1 aromatic rings. The fraction of sp³-hybridized carbons (Fsp3) is 0.571. The van der Waals surface area contributed by atoms with E-state index in [0.29, 0.717) is 17.9 Å². The van der Waals surface area contributed by atoms with Crippen molar-refractivity contribution < 1.29 is 9.13 Å². The normalized spacial score (nSPS) is 14.7. The number of hydrogen-bond donors (Lipinski definition) is 1. The van der Waals surface area contributed by atoms with Crippen molar-refractivity contribution in [1.82, 2.24) is 0 Å². The summed E-state index contributed by atoms with van der Waals surface area (Å²) in [6.45, 7) is 6.26. The van der Waals surface area contributed by atoms with Crippen molar-refractivity contribution in [3.63, 3.8) is 0 Å². The summed E-state index contributed by atoms with van der Waals surface area (Å²) in [4.78, 5) is 0. The van der Waals surface area contributed by atoms with E-state index in [2.05, 4.69) is 0 Å². The molecule has 1 aromatic carbocycles. The molecular formula is C14H22FNO. The van der Waals surface area contributed by atoms with Gasteiger partial charge in [-0.3, -0.25) is 0 Å². The van der Waals surface area contributed by atoms with Crippen molar-refractivity contribution in [3.8, 4) is 5.75 Å². The Morgan fingerprint density at radius 3 is 2.53 bits per heavy atom. The van der Waals surface area contributed by atoms with Crippen LogP contribution in [0.1, 0.15) is 32.8 Å². The van der Waals surface area contributed by atoms with Gasteiger partial charge in [-0.2, -0.15) is 0 Å². The first-order valence-electron chi connectivity index (χ1n) is 6.17. The standard InChI is InChI=1S/C14H22FNO/c1-4-9-17-13-8-6-5-7-12(13)14(15,10-16)11(2)3/h5-8,11H,4,9-10,16H2,1-3H3. The number of rotatable bonds is 6. The smallest absolute Gasteiger partial charge is 0.153 e. The van der Waals surface area contributed by atoms with Crippen LogP contribution in [0, 0.1) is 5.92 Å². The van der Waals surface area contributed by atoms with Gasteiger partial charge in [0, 0.05) is 12.1 Å². The molecule has 1 atom stereocenters. The Morgan fingerprint density at radius 2 is 2.00 bits per heavy atom. The highest BCUT2D eigenvalue weighted by molar-refractivity contribution is 5.38. The van der Waals surface area contributed by atoms with Crippen molar-refractivity contribution in [2.24, 2.45) is 11.7 Å². The van der Waals surface area contributed by atoms with E-state index >= 15 is 0 Å². The van der Waals surface area contributed by atoms with Crippen LogP contribution in [0.3, 0.4) is 0 Å². The number of alkyl halides is 1. The molecule has 96 valence electrons. The van der Waals surface area contributed by atoms with Crippen LogP contribution < -0.4 is 10.5 Å². The molecular weight excluding hydrogens is 217 g/mol. The van der Waals surface area contributed by atoms with E-state index in [9.17, 15) is 4.39 Å². The summed E-state index contributed by atoms with van der Waals surface area (Å²) in [5.41, 5.74) is 4.64. The molecule has 0 fully saturated rings. The molecule has 0 saturated heterocycles. The van der Waals surface area contributed by atoms with Crippen LogP contribution in [0.15, 0.2) is 24.3 Å². The number of para-hydroxylation sites is 1. The van der Waals surface area contributed by atoms with E-state index in [-0.39, 0.29) is 12.5 Å². The minimum Gasteiger partial charge on any atom is -0.493 e. The van der Waals surface area contributed by atoms with E-state index in [1.165, 1.54) is 0 Å². The van der Waals surface area contributed by atoms with Crippen molar-refractivity contribution in [1.29, 1.82) is 0 Å². The van der Waals surface area contributed by atoms with E-state index in [0.717, 1.165) is 6.42 Å². The molecule has 2 N–H and O–H groups in total. The third kappa shape index (κ3) is 2.97. The largest absolute Gasteiger partial charge is 0.493 e. The maximum absolute atomic E-state index is 14.9. The van der Waals surface area contributed by atoms with Crippen LogP contribution in [0.5, 0.6) is 5.75 Å². The van der Waals surface area contributed by atoms with Crippen LogP contribution in [-0.4, -0.2) is 13.2 Å². The minimum atomic E-state index is -1.52. The Hall–Kier alpha value is -1.09. The van der Waals surface area contributed by atoms with Gasteiger partial charge in [0.05, 0.1) is 6.61 Å². The summed E-state index contributed by atoms with van der Waals surface area (Å²) in [7, 11) is 0. The van der Waals surface area contributed by atoms with Crippen LogP contribution >= 0.6 is 0 Å². The Kier molecular flexibility index (Phi) is 4.94. The molecule has 0 saturated carbocycles. The quantitative estimate of drug-likeness (QED) is 0.827. The van der Waals surface area contributed by atoms with Gasteiger partial charge in [0.25, 0.3) is 0 Å². The maximum atomic E-state index is 14.9. The Bertz CT molecular complexity index is 354. The number of ether oxygens (including phenoxy) is 1. The second kappa shape index (κ2) is 6.01. The van der Waals surface area contributed by atoms with Crippen LogP contribution in [0.2, 0.25) is 0 Å². The fourth-order valence-electron chi connectivity index (χ4n) is 1.80. The molecule has 0 aromatic heterocycles. The summed E-state index contributed by atoms with van der Waals surface area (Å²) in [5.74, 6) is 0.426. The third-order valence-electron chi connectivity index (χ3n) is 3.01. The molecule has 0 aliphatic rings. The lowest BCUT2D eigenvalue weighted by Gasteiger charge is -2.30. The van der Waals surface area contributed by atoms with Gasteiger partial charge in [-0.05, 0) is 18.4 Å². The van der Waals surface area contributed by atoms with E-state index < -0.39 is 5.67 Å². The van der Waals surface area contributed by atoms with Gasteiger partial charge in [-0.25, -0.2) is 4.39 Å². The van der Waals surface area contributed by atoms with Crippen molar-refractivity contribution >= 4 is 0 Å². The zero-order valence-electron chi connectivity index (χ0n) is 10.9. The van der Waals surface area contributed by atoms with Gasteiger partial charge in [-0.15, -0.1) is 0 Å². The summed E-state index contributed by atoms with van der Waals surface area (Å²) >= 11 is 0. The van der Waals surface area contributed by atoms with Gasteiger partial charge >= 0.3 is 0 Å². The average molecular weight is 239 g/mol. The Morgan fingerprint density at radius 1 is 1.35 bits per heavy atom. The number of nitrogens with two attached hydrogens (primary N) is 1. The van der Waals surface area contributed by atoms with E-state index in [1.54, 1.807) is 12.1 Å². The van der Waals surface area contributed by atoms with Gasteiger partial charge in [0.1, 0.15) is 5.75 Å². The summed E-state index contributed by atoms with van der Waals surface area (Å²) in [6.07, 6.45) is 0.901. The van der Waals surface area contributed by atoms with E-state index in [1.807, 2.05) is 32.9 Å². The Labute approximate surface area is 103 Å². The molecule has 0 radical (unpaired) electrons. The summed E-state index contributed by atoms with van der Waals surface area (Å²) in [6, 6.07) is 7.24. The molecule has 2 nitrogen and oxygen atoms in total. The number of halogens is 1. The van der Waals surface area contributed by atoms with Gasteiger partial charge in [0.2, 0.25) is 0 Å². The van der Waals surface area contributed by atoms with Crippen molar-refractivity contribution in [2.75, 3.05) is 13.2 Å². The second-order valence-corrected chi connectivity index (χ2v) is 4.57. The number of hydrogen-bond acceptors (Lipinski definition) is 2. The topological polar surface area (TPSA) is 35.2 Å². The maximum Gasteiger partial charge on any atom is 0.153 e. The minimum absolute atomic E-state index is 0.0306. The third-order valence-corrected chi connectivity index (χ3v) is 3.01. The van der Waals surface area contributed by atoms with Crippen molar-refractivity contribution in [3.05, 3.63) is 29.8 Å². The van der Waals surface area contributed by atoms with E-state index in [4.69, 9.17) is 10.5 Å². The molecule has 0 heterocycles. The molecule has 1 rings (SSSR count). The first-order valence-corrected chi connectivity index (χ1v) is 6.17. The SMILES string of the molecule is CCCOc1ccccc1C(F)(CN)C(C)C. The molecule has 0 aliphatic carbocycles. The first-order chi connectivity index (χ1) is 8.06. The van der Waals surface area contributed by atoms with Crippen LogP contribution in [0.4, 0.5) is 4.39 Å². The molecule has 3 heteroatoms. The van der Waals surface area contributed by atoms with Gasteiger partial charge in [-0.1, -0.05) is 39.0 Å². The lowest BCUT2D eigenvalue weighted by molar-refractivity contribution is 0.104. The second-order valence-electron chi connectivity index (χ2n) is 4.57. The van der Waals surface area contributed by atoms with Gasteiger partial charge < -0.3 is 10.5 Å². The monoisotopic (exact) mass is 239 g/mol. The fourth-order valence-corrected chi connectivity index (χ4v) is 1.80. The molecule has 0 spiro atoms. The first kappa shape index (κ1) is 14.0. The summed E-state index contributed by atoms with van der Waals surface area (Å²) < 4.78 is 20.4. The molecule has 1 unspecified atom stereocenters. The zero-order chi connectivity index (χ0) is 12.9. The highest BCUT2D eigenvalue weighted by Gasteiger charge is 2.36. The predicted molar refractivity (Wildman–Crippen MR) is 68.9 cm³/mol. The van der Waals surface area contributed by atoms with Crippen LogP contribution in [-0.2, 0) is 5.67 Å². The molecule has 0 amide bonds. The van der Waals surface area contributed by atoms with Crippen LogP contribution in [0.25, 0.3) is 0 Å². The molecule has 0 aliphatic heterocycles. The van der Waals surface area contributed by atoms with Gasteiger partial charge in [0.15, 0.2) is 5.67 Å².